The van der Waals surface area contributed by atoms with Crippen molar-refractivity contribution < 1.29 is 13.2 Å². The molecule has 7 heteroatoms. The van der Waals surface area contributed by atoms with Gasteiger partial charge in [0.15, 0.2) is 0 Å². The Balaban J connectivity index is 2.03. The van der Waals surface area contributed by atoms with E-state index in [2.05, 4.69) is 10.6 Å². The van der Waals surface area contributed by atoms with E-state index in [1.807, 2.05) is 6.92 Å². The Hall–Kier alpha value is -1.60. The number of benzene rings is 1. The highest BCUT2D eigenvalue weighted by atomic mass is 32.2. The molecule has 0 unspecified atom stereocenters. The lowest BCUT2D eigenvalue weighted by Crippen LogP contribution is -2.29. The molecule has 6 nitrogen and oxygen atoms in total. The molecule has 1 fully saturated rings. The first kappa shape index (κ1) is 15.8. The summed E-state index contributed by atoms with van der Waals surface area (Å²) >= 11 is 0. The summed E-state index contributed by atoms with van der Waals surface area (Å²) in [6.45, 7) is 3.75. The third kappa shape index (κ3) is 3.95. The molecular weight excluding hydrogens is 290 g/mol. The summed E-state index contributed by atoms with van der Waals surface area (Å²) < 4.78 is 26.2. The van der Waals surface area contributed by atoms with Gasteiger partial charge >= 0.3 is 6.03 Å². The Bertz CT molecular complexity index is 578. The van der Waals surface area contributed by atoms with Crippen molar-refractivity contribution in [1.82, 2.24) is 9.62 Å². The van der Waals surface area contributed by atoms with E-state index in [1.54, 1.807) is 12.1 Å². The smallest absolute Gasteiger partial charge is 0.319 e. The van der Waals surface area contributed by atoms with Crippen molar-refractivity contribution in [2.45, 2.75) is 31.1 Å². The lowest BCUT2D eigenvalue weighted by molar-refractivity contribution is 0.252. The van der Waals surface area contributed by atoms with Gasteiger partial charge in [0, 0.05) is 25.3 Å². The van der Waals surface area contributed by atoms with Crippen molar-refractivity contribution in [3.05, 3.63) is 24.3 Å². The topological polar surface area (TPSA) is 78.5 Å². The average molecular weight is 311 g/mol. The Labute approximate surface area is 125 Å². The molecule has 1 aliphatic rings. The van der Waals surface area contributed by atoms with Crippen molar-refractivity contribution in [1.29, 1.82) is 0 Å². The monoisotopic (exact) mass is 311 g/mol. The van der Waals surface area contributed by atoms with Crippen LogP contribution in [0.5, 0.6) is 0 Å². The molecular formula is C14H21N3O3S. The number of rotatable bonds is 5. The number of amides is 2. The largest absolute Gasteiger partial charge is 0.338 e. The standard InChI is InChI=1S/C14H21N3O3S/c1-2-9-15-14(18)16-12-5-7-13(8-6-12)21(19,20)17-10-3-4-11-17/h5-8H,2-4,9-11H2,1H3,(H2,15,16,18). The van der Waals surface area contributed by atoms with Gasteiger partial charge in [-0.15, -0.1) is 0 Å². The second kappa shape index (κ2) is 6.91. The maximum absolute atomic E-state index is 12.3. The molecule has 1 aromatic carbocycles. The van der Waals surface area contributed by atoms with E-state index in [4.69, 9.17) is 0 Å². The van der Waals surface area contributed by atoms with Gasteiger partial charge in [0.2, 0.25) is 10.0 Å². The second-order valence-corrected chi connectivity index (χ2v) is 6.95. The summed E-state index contributed by atoms with van der Waals surface area (Å²) in [4.78, 5) is 11.8. The van der Waals surface area contributed by atoms with Gasteiger partial charge in [-0.2, -0.15) is 4.31 Å². The van der Waals surface area contributed by atoms with Gasteiger partial charge in [-0.05, 0) is 43.5 Å². The Kier molecular flexibility index (Phi) is 5.19. The van der Waals surface area contributed by atoms with Gasteiger partial charge in [0.1, 0.15) is 0 Å². The van der Waals surface area contributed by atoms with E-state index >= 15 is 0 Å². The molecule has 0 aliphatic carbocycles. The van der Waals surface area contributed by atoms with Gasteiger partial charge in [0.25, 0.3) is 0 Å². The highest BCUT2D eigenvalue weighted by Gasteiger charge is 2.26. The van der Waals surface area contributed by atoms with Crippen LogP contribution in [0.1, 0.15) is 26.2 Å². The minimum atomic E-state index is -3.39. The molecule has 0 spiro atoms. The summed E-state index contributed by atoms with van der Waals surface area (Å²) in [5, 5.41) is 5.36. The van der Waals surface area contributed by atoms with E-state index in [-0.39, 0.29) is 10.9 Å². The van der Waals surface area contributed by atoms with Gasteiger partial charge in [-0.1, -0.05) is 6.92 Å². The summed E-state index contributed by atoms with van der Waals surface area (Å²) in [5.74, 6) is 0. The zero-order valence-corrected chi connectivity index (χ0v) is 12.9. The number of carbonyl (C=O) groups is 1. The van der Waals surface area contributed by atoms with E-state index in [0.717, 1.165) is 19.3 Å². The highest BCUT2D eigenvalue weighted by molar-refractivity contribution is 7.89. The number of hydrogen-bond acceptors (Lipinski definition) is 3. The number of nitrogens with one attached hydrogen (secondary N) is 2. The Morgan fingerprint density at radius 2 is 1.81 bits per heavy atom. The van der Waals surface area contributed by atoms with Crippen molar-refractivity contribution in [3.63, 3.8) is 0 Å². The van der Waals surface area contributed by atoms with Gasteiger partial charge in [-0.3, -0.25) is 0 Å². The van der Waals surface area contributed by atoms with Crippen LogP contribution in [0.25, 0.3) is 0 Å². The zero-order valence-electron chi connectivity index (χ0n) is 12.1. The Morgan fingerprint density at radius 1 is 1.19 bits per heavy atom. The van der Waals surface area contributed by atoms with Crippen LogP contribution in [0.15, 0.2) is 29.2 Å². The summed E-state index contributed by atoms with van der Waals surface area (Å²) in [6.07, 6.45) is 2.69. The third-order valence-corrected chi connectivity index (χ3v) is 5.26. The van der Waals surface area contributed by atoms with Crippen LogP contribution in [-0.2, 0) is 10.0 Å². The van der Waals surface area contributed by atoms with Crippen LogP contribution in [-0.4, -0.2) is 38.4 Å². The molecule has 1 heterocycles. The molecule has 1 saturated heterocycles. The van der Waals surface area contributed by atoms with Crippen molar-refractivity contribution in [3.8, 4) is 0 Å². The number of nitrogens with zero attached hydrogens (tertiary/aromatic N) is 1. The second-order valence-electron chi connectivity index (χ2n) is 5.02. The van der Waals surface area contributed by atoms with Gasteiger partial charge in [-0.25, -0.2) is 13.2 Å². The van der Waals surface area contributed by atoms with Crippen molar-refractivity contribution in [2.75, 3.05) is 25.0 Å². The fourth-order valence-corrected chi connectivity index (χ4v) is 3.72. The first-order valence-corrected chi connectivity index (χ1v) is 8.63. The molecule has 116 valence electrons. The molecule has 0 aromatic heterocycles. The SMILES string of the molecule is CCCNC(=O)Nc1ccc(S(=O)(=O)N2CCCC2)cc1. The van der Waals surface area contributed by atoms with Crippen LogP contribution in [0, 0.1) is 0 Å². The first-order valence-electron chi connectivity index (χ1n) is 7.19. The molecule has 0 bridgehead atoms. The lowest BCUT2D eigenvalue weighted by Gasteiger charge is -2.15. The van der Waals surface area contributed by atoms with E-state index < -0.39 is 10.0 Å². The first-order chi connectivity index (χ1) is 10.0. The zero-order chi connectivity index (χ0) is 15.3. The molecule has 1 aliphatic heterocycles. The maximum atomic E-state index is 12.3. The van der Waals surface area contributed by atoms with Gasteiger partial charge < -0.3 is 10.6 Å². The third-order valence-electron chi connectivity index (χ3n) is 3.35. The molecule has 2 N–H and O–H groups in total. The minimum Gasteiger partial charge on any atom is -0.338 e. The number of hydrogen-bond donors (Lipinski definition) is 2. The van der Waals surface area contributed by atoms with Crippen molar-refractivity contribution in [2.24, 2.45) is 0 Å². The normalized spacial score (nSPS) is 15.9. The maximum Gasteiger partial charge on any atom is 0.319 e. The van der Waals surface area contributed by atoms with Crippen LogP contribution in [0.4, 0.5) is 10.5 Å². The predicted octanol–water partition coefficient (Wildman–Crippen LogP) is 2.00. The molecule has 2 rings (SSSR count). The fraction of sp³-hybridized carbons (Fsp3) is 0.500. The van der Waals surface area contributed by atoms with E-state index in [1.165, 1.54) is 16.4 Å². The van der Waals surface area contributed by atoms with E-state index in [0.29, 0.717) is 25.3 Å². The lowest BCUT2D eigenvalue weighted by atomic mass is 10.3. The minimum absolute atomic E-state index is 0.268. The number of urea groups is 1. The summed E-state index contributed by atoms with van der Waals surface area (Å²) in [7, 11) is -3.39. The molecule has 2 amide bonds. The molecule has 0 saturated carbocycles. The van der Waals surface area contributed by atoms with Crippen LogP contribution >= 0.6 is 0 Å². The van der Waals surface area contributed by atoms with Crippen LogP contribution < -0.4 is 10.6 Å². The Morgan fingerprint density at radius 3 is 2.38 bits per heavy atom. The molecule has 1 aromatic rings. The van der Waals surface area contributed by atoms with Crippen LogP contribution in [0.2, 0.25) is 0 Å². The summed E-state index contributed by atoms with van der Waals surface area (Å²) in [5.41, 5.74) is 0.573. The van der Waals surface area contributed by atoms with E-state index in [9.17, 15) is 13.2 Å². The summed E-state index contributed by atoms with van der Waals surface area (Å²) in [6, 6.07) is 5.99. The quantitative estimate of drug-likeness (QED) is 0.873. The van der Waals surface area contributed by atoms with Crippen molar-refractivity contribution >= 4 is 21.7 Å². The predicted molar refractivity (Wildman–Crippen MR) is 81.7 cm³/mol. The average Bonchev–Trinajstić information content (AvgIpc) is 3.00. The fourth-order valence-electron chi connectivity index (χ4n) is 2.20. The number of anilines is 1. The van der Waals surface area contributed by atoms with Crippen LogP contribution in [0.3, 0.4) is 0 Å². The molecule has 21 heavy (non-hydrogen) atoms. The molecule has 0 atom stereocenters. The number of sulfonamides is 1. The molecule has 0 radical (unpaired) electrons. The van der Waals surface area contributed by atoms with Gasteiger partial charge in [0.05, 0.1) is 4.90 Å². The highest BCUT2D eigenvalue weighted by Crippen LogP contribution is 2.22. The number of carbonyl (C=O) groups excluding carboxylic acids is 1.